The summed E-state index contributed by atoms with van der Waals surface area (Å²) in [5.41, 5.74) is 4.60. The van der Waals surface area contributed by atoms with Crippen LogP contribution in [0.4, 0.5) is 5.69 Å². The highest BCUT2D eigenvalue weighted by Gasteiger charge is 2.20. The fourth-order valence-electron chi connectivity index (χ4n) is 3.54. The number of carbonyl (C=O) groups excluding carboxylic acids is 2. The molecule has 1 saturated carbocycles. The van der Waals surface area contributed by atoms with Crippen LogP contribution in [0.3, 0.4) is 0 Å². The van der Waals surface area contributed by atoms with Gasteiger partial charge in [0.15, 0.2) is 0 Å². The van der Waals surface area contributed by atoms with Crippen LogP contribution in [0, 0.1) is 19.8 Å². The van der Waals surface area contributed by atoms with Gasteiger partial charge >= 0.3 is 0 Å². The summed E-state index contributed by atoms with van der Waals surface area (Å²) in [5, 5.41) is 6.00. The third-order valence-electron chi connectivity index (χ3n) is 5.30. The van der Waals surface area contributed by atoms with E-state index in [9.17, 15) is 9.59 Å². The number of hydrogen-bond donors (Lipinski definition) is 2. The molecule has 27 heavy (non-hydrogen) atoms. The van der Waals surface area contributed by atoms with Gasteiger partial charge < -0.3 is 10.6 Å². The summed E-state index contributed by atoms with van der Waals surface area (Å²) in [4.78, 5) is 24.7. The summed E-state index contributed by atoms with van der Waals surface area (Å²) in [6.45, 7) is 4.49. The molecule has 0 bridgehead atoms. The third kappa shape index (κ3) is 5.19. The first-order chi connectivity index (χ1) is 13.0. The Kier molecular flexibility index (Phi) is 6.28. The Morgan fingerprint density at radius 1 is 0.963 bits per heavy atom. The molecule has 4 nitrogen and oxygen atoms in total. The molecule has 0 saturated heterocycles. The zero-order valence-electron chi connectivity index (χ0n) is 16.2. The molecule has 0 radical (unpaired) electrons. The molecule has 0 aliphatic heterocycles. The molecule has 2 aromatic rings. The van der Waals surface area contributed by atoms with Crippen LogP contribution in [-0.2, 0) is 11.3 Å². The maximum absolute atomic E-state index is 12.5. The molecular weight excluding hydrogens is 336 g/mol. The number of benzene rings is 2. The number of nitrogens with one attached hydrogen (secondary N) is 2. The van der Waals surface area contributed by atoms with Crippen molar-refractivity contribution in [2.24, 2.45) is 5.92 Å². The minimum atomic E-state index is -0.124. The van der Waals surface area contributed by atoms with E-state index in [1.807, 2.05) is 56.3 Å². The molecule has 1 aliphatic rings. The van der Waals surface area contributed by atoms with Gasteiger partial charge in [0.2, 0.25) is 5.91 Å². The number of amides is 2. The highest BCUT2D eigenvalue weighted by atomic mass is 16.2. The molecule has 0 heterocycles. The molecule has 2 N–H and O–H groups in total. The summed E-state index contributed by atoms with van der Waals surface area (Å²) in [5.74, 6) is 0.203. The summed E-state index contributed by atoms with van der Waals surface area (Å²) in [7, 11) is 0. The molecule has 0 spiro atoms. The summed E-state index contributed by atoms with van der Waals surface area (Å²) >= 11 is 0. The Morgan fingerprint density at radius 3 is 2.37 bits per heavy atom. The lowest BCUT2D eigenvalue weighted by Crippen LogP contribution is -2.31. The van der Waals surface area contributed by atoms with Crippen LogP contribution in [0.5, 0.6) is 0 Å². The van der Waals surface area contributed by atoms with Crippen LogP contribution >= 0.6 is 0 Å². The summed E-state index contributed by atoms with van der Waals surface area (Å²) in [6.07, 6.45) is 5.56. The molecule has 0 unspecified atom stereocenters. The van der Waals surface area contributed by atoms with Crippen molar-refractivity contribution >= 4 is 17.5 Å². The molecule has 0 atom stereocenters. The molecule has 2 amide bonds. The first-order valence-corrected chi connectivity index (χ1v) is 9.78. The molecular formula is C23H28N2O2. The van der Waals surface area contributed by atoms with Gasteiger partial charge in [-0.25, -0.2) is 0 Å². The van der Waals surface area contributed by atoms with Crippen LogP contribution < -0.4 is 10.6 Å². The maximum Gasteiger partial charge on any atom is 0.255 e. The van der Waals surface area contributed by atoms with E-state index < -0.39 is 0 Å². The van der Waals surface area contributed by atoms with E-state index in [1.165, 1.54) is 6.42 Å². The smallest absolute Gasteiger partial charge is 0.255 e. The second kappa shape index (κ2) is 8.85. The van der Waals surface area contributed by atoms with E-state index in [4.69, 9.17) is 0 Å². The quantitative estimate of drug-likeness (QED) is 0.804. The Hall–Kier alpha value is -2.62. The van der Waals surface area contributed by atoms with E-state index >= 15 is 0 Å². The zero-order valence-corrected chi connectivity index (χ0v) is 16.2. The molecule has 2 aromatic carbocycles. The third-order valence-corrected chi connectivity index (χ3v) is 5.30. The van der Waals surface area contributed by atoms with Crippen molar-refractivity contribution in [3.05, 3.63) is 64.7 Å². The topological polar surface area (TPSA) is 58.2 Å². The van der Waals surface area contributed by atoms with Crippen molar-refractivity contribution in [3.8, 4) is 0 Å². The van der Waals surface area contributed by atoms with E-state index in [-0.39, 0.29) is 17.7 Å². The SMILES string of the molecule is Cc1ccc(C)c(NC(=O)c2ccc(CNC(=O)C3CCCCC3)cc2)c1. The Bertz CT molecular complexity index is 806. The lowest BCUT2D eigenvalue weighted by Gasteiger charge is -2.20. The van der Waals surface area contributed by atoms with Crippen LogP contribution in [0.25, 0.3) is 0 Å². The number of aryl methyl sites for hydroxylation is 2. The van der Waals surface area contributed by atoms with Gasteiger partial charge in [0, 0.05) is 23.7 Å². The summed E-state index contributed by atoms with van der Waals surface area (Å²) in [6, 6.07) is 13.4. The lowest BCUT2D eigenvalue weighted by molar-refractivity contribution is -0.126. The minimum Gasteiger partial charge on any atom is -0.352 e. The average molecular weight is 364 g/mol. The first-order valence-electron chi connectivity index (χ1n) is 9.78. The predicted octanol–water partition coefficient (Wildman–Crippen LogP) is 4.75. The second-order valence-electron chi connectivity index (χ2n) is 7.52. The van der Waals surface area contributed by atoms with E-state index in [0.717, 1.165) is 48.1 Å². The monoisotopic (exact) mass is 364 g/mol. The van der Waals surface area contributed by atoms with Crippen molar-refractivity contribution in [1.82, 2.24) is 5.32 Å². The Morgan fingerprint density at radius 2 is 1.67 bits per heavy atom. The zero-order chi connectivity index (χ0) is 19.2. The molecule has 1 fully saturated rings. The Labute approximate surface area is 161 Å². The van der Waals surface area contributed by atoms with Crippen molar-refractivity contribution in [3.63, 3.8) is 0 Å². The largest absolute Gasteiger partial charge is 0.352 e. The van der Waals surface area contributed by atoms with Gasteiger partial charge in [0.25, 0.3) is 5.91 Å². The van der Waals surface area contributed by atoms with Crippen molar-refractivity contribution in [1.29, 1.82) is 0 Å². The van der Waals surface area contributed by atoms with E-state index in [1.54, 1.807) is 0 Å². The van der Waals surface area contributed by atoms with Crippen LogP contribution in [0.2, 0.25) is 0 Å². The van der Waals surface area contributed by atoms with Gasteiger partial charge in [-0.15, -0.1) is 0 Å². The van der Waals surface area contributed by atoms with Crippen LogP contribution in [0.15, 0.2) is 42.5 Å². The van der Waals surface area contributed by atoms with Gasteiger partial charge in [-0.3, -0.25) is 9.59 Å². The average Bonchev–Trinajstić information content (AvgIpc) is 2.70. The molecule has 142 valence electrons. The lowest BCUT2D eigenvalue weighted by atomic mass is 9.88. The number of anilines is 1. The van der Waals surface area contributed by atoms with Gasteiger partial charge in [0.05, 0.1) is 0 Å². The number of carbonyl (C=O) groups is 2. The maximum atomic E-state index is 12.5. The van der Waals surface area contributed by atoms with Gasteiger partial charge in [0.1, 0.15) is 0 Å². The van der Waals surface area contributed by atoms with Crippen molar-refractivity contribution < 1.29 is 9.59 Å². The second-order valence-corrected chi connectivity index (χ2v) is 7.52. The number of hydrogen-bond acceptors (Lipinski definition) is 2. The van der Waals surface area contributed by atoms with E-state index in [0.29, 0.717) is 12.1 Å². The van der Waals surface area contributed by atoms with Crippen LogP contribution in [-0.4, -0.2) is 11.8 Å². The normalized spacial score (nSPS) is 14.6. The molecule has 1 aliphatic carbocycles. The summed E-state index contributed by atoms with van der Waals surface area (Å²) < 4.78 is 0. The van der Waals surface area contributed by atoms with Crippen LogP contribution in [0.1, 0.15) is 59.2 Å². The fourth-order valence-corrected chi connectivity index (χ4v) is 3.54. The van der Waals surface area contributed by atoms with Crippen molar-refractivity contribution in [2.45, 2.75) is 52.5 Å². The number of rotatable bonds is 5. The van der Waals surface area contributed by atoms with Gasteiger partial charge in [-0.2, -0.15) is 0 Å². The fraction of sp³-hybridized carbons (Fsp3) is 0.391. The highest BCUT2D eigenvalue weighted by Crippen LogP contribution is 2.23. The van der Waals surface area contributed by atoms with E-state index in [2.05, 4.69) is 10.6 Å². The van der Waals surface area contributed by atoms with Gasteiger partial charge in [-0.1, -0.05) is 43.5 Å². The Balaban J connectivity index is 1.55. The van der Waals surface area contributed by atoms with Crippen molar-refractivity contribution in [2.75, 3.05) is 5.32 Å². The minimum absolute atomic E-state index is 0.124. The highest BCUT2D eigenvalue weighted by molar-refractivity contribution is 6.04. The molecule has 0 aromatic heterocycles. The predicted molar refractivity (Wildman–Crippen MR) is 109 cm³/mol. The molecule has 4 heteroatoms. The standard InChI is InChI=1S/C23H28N2O2/c1-16-8-9-17(2)21(14-16)25-23(27)20-12-10-18(11-13-20)15-24-22(26)19-6-4-3-5-7-19/h8-14,19H,3-7,15H2,1-2H3,(H,24,26)(H,25,27). The molecule has 3 rings (SSSR count). The first kappa shape index (κ1) is 19.2. The van der Waals surface area contributed by atoms with Gasteiger partial charge in [-0.05, 0) is 61.6 Å².